The zero-order chi connectivity index (χ0) is 33.2. The van der Waals surface area contributed by atoms with E-state index in [-0.39, 0.29) is 59.4 Å². The SMILES string of the molecule is CC=C(C)C(=O)OC1Cc2c(c(C(CCO)C3=CCNC(N)=C3)c3oc(CO)cc(=O)c3c2O)OC1(C)CCC1=CNC(N)C=C1. The third-order valence-corrected chi connectivity index (χ3v) is 8.87. The van der Waals surface area contributed by atoms with Crippen molar-refractivity contribution < 1.29 is 34.0 Å². The number of nitrogens with two attached hydrogens (primary N) is 2. The van der Waals surface area contributed by atoms with Crippen LogP contribution in [0.5, 0.6) is 11.5 Å². The quantitative estimate of drug-likeness (QED) is 0.149. The summed E-state index contributed by atoms with van der Waals surface area (Å²) in [5.41, 5.74) is 13.3. The first-order valence-corrected chi connectivity index (χ1v) is 15.4. The number of hydrogen-bond acceptors (Lipinski definition) is 12. The molecule has 1 aromatic carbocycles. The van der Waals surface area contributed by atoms with Gasteiger partial charge in [0, 0.05) is 54.5 Å². The van der Waals surface area contributed by atoms with Crippen molar-refractivity contribution in [2.75, 3.05) is 13.2 Å². The van der Waals surface area contributed by atoms with Crippen molar-refractivity contribution in [1.29, 1.82) is 0 Å². The summed E-state index contributed by atoms with van der Waals surface area (Å²) in [5.74, 6) is -0.771. The highest BCUT2D eigenvalue weighted by Crippen LogP contribution is 2.51. The molecule has 46 heavy (non-hydrogen) atoms. The summed E-state index contributed by atoms with van der Waals surface area (Å²) < 4.78 is 19.0. The molecule has 12 nitrogen and oxygen atoms in total. The second-order valence-electron chi connectivity index (χ2n) is 12.0. The number of phenols is 1. The van der Waals surface area contributed by atoms with Gasteiger partial charge in [-0.2, -0.15) is 0 Å². The number of esters is 1. The van der Waals surface area contributed by atoms with Gasteiger partial charge in [0.15, 0.2) is 5.43 Å². The van der Waals surface area contributed by atoms with Crippen molar-refractivity contribution in [2.45, 2.75) is 76.9 Å². The first kappa shape index (κ1) is 32.9. The Kier molecular flexibility index (Phi) is 9.61. The van der Waals surface area contributed by atoms with Crippen LogP contribution in [0.4, 0.5) is 0 Å². The first-order valence-electron chi connectivity index (χ1n) is 15.4. The maximum Gasteiger partial charge on any atom is 0.333 e. The number of hydrogen-bond donors (Lipinski definition) is 7. The molecule has 4 heterocycles. The number of benzene rings is 1. The largest absolute Gasteiger partial charge is 0.507 e. The van der Waals surface area contributed by atoms with Crippen molar-refractivity contribution >= 4 is 16.9 Å². The Labute approximate surface area is 266 Å². The molecule has 3 aliphatic rings. The zero-order valence-corrected chi connectivity index (χ0v) is 26.3. The number of allylic oxidation sites excluding steroid dienone is 5. The number of aliphatic hydroxyl groups is 2. The summed E-state index contributed by atoms with van der Waals surface area (Å²) in [5, 5.41) is 37.9. The third kappa shape index (κ3) is 6.41. The molecule has 0 saturated carbocycles. The highest BCUT2D eigenvalue weighted by Gasteiger charge is 2.47. The highest BCUT2D eigenvalue weighted by molar-refractivity contribution is 5.92. The van der Waals surface area contributed by atoms with Crippen molar-refractivity contribution in [2.24, 2.45) is 11.5 Å². The number of carbonyl (C=O) groups excluding carboxylic acids is 1. The van der Waals surface area contributed by atoms with Crippen molar-refractivity contribution in [3.05, 3.63) is 92.3 Å². The smallest absolute Gasteiger partial charge is 0.333 e. The van der Waals surface area contributed by atoms with Crippen molar-refractivity contribution in [1.82, 2.24) is 10.6 Å². The van der Waals surface area contributed by atoms with Crippen LogP contribution in [0.15, 0.2) is 74.4 Å². The number of dihydropyridines is 2. The predicted molar refractivity (Wildman–Crippen MR) is 172 cm³/mol. The van der Waals surface area contributed by atoms with Crippen LogP contribution in [0.2, 0.25) is 0 Å². The van der Waals surface area contributed by atoms with Crippen LogP contribution >= 0.6 is 0 Å². The summed E-state index contributed by atoms with van der Waals surface area (Å²) in [6, 6.07) is 1.13. The van der Waals surface area contributed by atoms with Gasteiger partial charge in [-0.05, 0) is 63.3 Å². The molecule has 5 rings (SSSR count). The van der Waals surface area contributed by atoms with Crippen LogP contribution in [0.25, 0.3) is 11.0 Å². The van der Waals surface area contributed by atoms with Gasteiger partial charge in [0.25, 0.3) is 0 Å². The molecule has 3 aliphatic heterocycles. The van der Waals surface area contributed by atoms with Crippen LogP contribution in [0.1, 0.15) is 62.8 Å². The zero-order valence-electron chi connectivity index (χ0n) is 26.3. The third-order valence-electron chi connectivity index (χ3n) is 8.87. The van der Waals surface area contributed by atoms with E-state index in [2.05, 4.69) is 10.6 Å². The van der Waals surface area contributed by atoms with E-state index < -0.39 is 35.6 Å². The van der Waals surface area contributed by atoms with Crippen molar-refractivity contribution in [3.63, 3.8) is 0 Å². The maximum atomic E-state index is 13.4. The minimum absolute atomic E-state index is 0.00383. The number of rotatable bonds is 10. The fourth-order valence-corrected chi connectivity index (χ4v) is 6.11. The van der Waals surface area contributed by atoms with E-state index in [1.54, 1.807) is 26.0 Å². The van der Waals surface area contributed by atoms with Gasteiger partial charge in [-0.1, -0.05) is 18.2 Å². The first-order chi connectivity index (χ1) is 22.0. The van der Waals surface area contributed by atoms with Gasteiger partial charge in [-0.25, -0.2) is 4.79 Å². The summed E-state index contributed by atoms with van der Waals surface area (Å²) >= 11 is 0. The van der Waals surface area contributed by atoms with E-state index in [1.807, 2.05) is 31.4 Å². The van der Waals surface area contributed by atoms with Crippen LogP contribution in [-0.4, -0.2) is 52.3 Å². The number of phenolic OH excluding ortho intramolecular Hbond substituents is 1. The molecule has 1 aromatic heterocycles. The molecular weight excluding hydrogens is 592 g/mol. The summed E-state index contributed by atoms with van der Waals surface area (Å²) in [4.78, 5) is 26.5. The molecule has 9 N–H and O–H groups in total. The minimum atomic E-state index is -1.12. The Bertz CT molecular complexity index is 1740. The van der Waals surface area contributed by atoms with Crippen molar-refractivity contribution in [3.8, 4) is 11.5 Å². The van der Waals surface area contributed by atoms with Crippen LogP contribution in [0.3, 0.4) is 0 Å². The molecule has 0 fully saturated rings. The van der Waals surface area contributed by atoms with Gasteiger partial charge >= 0.3 is 5.97 Å². The number of fused-ring (bicyclic) bond motifs is 2. The number of aliphatic hydroxyl groups excluding tert-OH is 2. The molecule has 0 spiro atoms. The molecule has 0 radical (unpaired) electrons. The molecule has 4 atom stereocenters. The van der Waals surface area contributed by atoms with Crippen LogP contribution < -0.4 is 32.3 Å². The predicted octanol–water partition coefficient (Wildman–Crippen LogP) is 2.47. The van der Waals surface area contributed by atoms with Gasteiger partial charge in [-0.3, -0.25) is 4.79 Å². The standard InChI is InChI=1S/C34H42N4O8/c1-4-18(2)33(43)45-25-15-23-30(42)29-24(41)14-21(17-40)44-32(29)28(22(9-12-39)20-8-11-37-27(36)13-20)31(23)46-34(25,3)10-7-19-5-6-26(35)38-16-19/h4-6,8,13-14,16,22,25-26,37-40,42H,7,9-12,15,17,35-36H2,1-3H3. The lowest BCUT2D eigenvalue weighted by Gasteiger charge is -2.43. The Morgan fingerprint density at radius 1 is 1.33 bits per heavy atom. The van der Waals surface area contributed by atoms with E-state index in [0.29, 0.717) is 36.3 Å². The van der Waals surface area contributed by atoms with E-state index in [9.17, 15) is 24.9 Å². The second-order valence-corrected chi connectivity index (χ2v) is 12.0. The van der Waals surface area contributed by atoms with Crippen LogP contribution in [0, 0.1) is 0 Å². The number of carbonyl (C=O) groups is 1. The molecule has 0 saturated heterocycles. The van der Waals surface area contributed by atoms with E-state index in [1.165, 1.54) is 0 Å². The lowest BCUT2D eigenvalue weighted by Crippen LogP contribution is -2.51. The molecule has 2 aromatic rings. The average molecular weight is 635 g/mol. The monoisotopic (exact) mass is 634 g/mol. The fraction of sp³-hybridized carbons (Fsp3) is 0.412. The van der Waals surface area contributed by atoms with Gasteiger partial charge < -0.3 is 51.3 Å². The Morgan fingerprint density at radius 3 is 2.76 bits per heavy atom. The highest BCUT2D eigenvalue weighted by atomic mass is 16.6. The van der Waals surface area contributed by atoms with E-state index in [0.717, 1.165) is 17.2 Å². The Balaban J connectivity index is 1.73. The van der Waals surface area contributed by atoms with E-state index in [4.69, 9.17) is 25.4 Å². The maximum absolute atomic E-state index is 13.4. The summed E-state index contributed by atoms with van der Waals surface area (Å²) in [6.45, 7) is 4.91. The number of nitrogens with one attached hydrogen (secondary N) is 2. The average Bonchev–Trinajstić information content (AvgIpc) is 3.04. The lowest BCUT2D eigenvalue weighted by atomic mass is 9.79. The normalized spacial score (nSPS) is 23.3. The van der Waals surface area contributed by atoms with E-state index >= 15 is 0 Å². The summed E-state index contributed by atoms with van der Waals surface area (Å²) in [6.07, 6.45) is 11.0. The number of aromatic hydroxyl groups is 1. The minimum Gasteiger partial charge on any atom is -0.507 e. The lowest BCUT2D eigenvalue weighted by molar-refractivity contribution is -0.158. The number of ether oxygens (including phenoxy) is 2. The van der Waals surface area contributed by atoms with Gasteiger partial charge in [0.05, 0.1) is 12.0 Å². The molecule has 12 heteroatoms. The van der Waals surface area contributed by atoms with Gasteiger partial charge in [-0.15, -0.1) is 0 Å². The Hall–Kier alpha value is -4.52. The molecule has 0 bridgehead atoms. The van der Waals surface area contributed by atoms with Gasteiger partial charge in [0.1, 0.15) is 46.5 Å². The second kappa shape index (κ2) is 13.5. The molecule has 246 valence electrons. The molecular formula is C34H42N4O8. The summed E-state index contributed by atoms with van der Waals surface area (Å²) in [7, 11) is 0. The molecule has 4 unspecified atom stereocenters. The Morgan fingerprint density at radius 2 is 2.11 bits per heavy atom. The molecule has 0 amide bonds. The van der Waals surface area contributed by atoms with Crippen LogP contribution in [-0.2, 0) is 22.6 Å². The topological polar surface area (TPSA) is 203 Å². The fourth-order valence-electron chi connectivity index (χ4n) is 6.11. The van der Waals surface area contributed by atoms with Gasteiger partial charge in [0.2, 0.25) is 0 Å². The molecule has 0 aliphatic carbocycles.